The highest BCUT2D eigenvalue weighted by Gasteiger charge is 2.00. The largest absolute Gasteiger partial charge is 0.358 e. The van der Waals surface area contributed by atoms with Gasteiger partial charge >= 0.3 is 5.82 Å². The number of rotatable bonds is 1. The minimum Gasteiger partial charge on any atom is -0.358 e. The fourth-order valence-corrected chi connectivity index (χ4v) is 0.313. The summed E-state index contributed by atoms with van der Waals surface area (Å²) in [5.74, 6) is -0.204. The van der Waals surface area contributed by atoms with Gasteiger partial charge in [-0.25, -0.2) is 9.97 Å². The van der Waals surface area contributed by atoms with Gasteiger partial charge in [0.05, 0.1) is 0 Å². The Bertz CT molecular complexity index is 180. The quantitative estimate of drug-likeness (QED) is 0.414. The molecule has 0 aliphatic heterocycles. The number of nitrogens with one attached hydrogen (secondary N) is 1. The highest BCUT2D eigenvalue weighted by molar-refractivity contribution is 5.07. The van der Waals surface area contributed by atoms with Crippen LogP contribution in [0.5, 0.6) is 0 Å². The SMILES string of the molecule is O=[N+]([O-])c1[c]nc[nH]1. The van der Waals surface area contributed by atoms with Crippen molar-refractivity contribution >= 4 is 5.82 Å². The summed E-state index contributed by atoms with van der Waals surface area (Å²) in [6, 6.07) is 0. The maximum atomic E-state index is 9.77. The van der Waals surface area contributed by atoms with E-state index in [2.05, 4.69) is 16.2 Å². The zero-order valence-electron chi connectivity index (χ0n) is 3.79. The Hall–Kier alpha value is -1.39. The van der Waals surface area contributed by atoms with Gasteiger partial charge in [0.2, 0.25) is 0 Å². The van der Waals surface area contributed by atoms with E-state index >= 15 is 0 Å². The van der Waals surface area contributed by atoms with Crippen molar-refractivity contribution < 1.29 is 4.92 Å². The van der Waals surface area contributed by atoms with Crippen molar-refractivity contribution in [2.75, 3.05) is 0 Å². The minimum absolute atomic E-state index is 0.204. The molecular formula is C3H2N3O2. The van der Waals surface area contributed by atoms with E-state index in [1.54, 1.807) is 0 Å². The van der Waals surface area contributed by atoms with Crippen molar-refractivity contribution in [3.63, 3.8) is 0 Å². The van der Waals surface area contributed by atoms with E-state index in [9.17, 15) is 10.1 Å². The molecule has 0 saturated heterocycles. The number of nitro groups is 1. The fourth-order valence-electron chi connectivity index (χ4n) is 0.313. The van der Waals surface area contributed by atoms with E-state index < -0.39 is 4.92 Å². The maximum absolute atomic E-state index is 9.77. The van der Waals surface area contributed by atoms with Crippen molar-refractivity contribution in [2.24, 2.45) is 0 Å². The second-order valence-electron chi connectivity index (χ2n) is 1.12. The summed E-state index contributed by atoms with van der Waals surface area (Å²) in [6.07, 6.45) is 3.34. The average Bonchev–Trinajstić information content (AvgIpc) is 2.12. The molecule has 5 heteroatoms. The predicted octanol–water partition coefficient (Wildman–Crippen LogP) is 0.118. The number of nitrogens with zero attached hydrogens (tertiary/aromatic N) is 2. The van der Waals surface area contributed by atoms with Crippen molar-refractivity contribution in [1.82, 2.24) is 9.97 Å². The molecule has 0 atom stereocenters. The van der Waals surface area contributed by atoms with Crippen LogP contribution >= 0.6 is 0 Å². The summed E-state index contributed by atoms with van der Waals surface area (Å²) in [5.41, 5.74) is 0. The second kappa shape index (κ2) is 1.61. The summed E-state index contributed by atoms with van der Waals surface area (Å²) in [6.45, 7) is 0. The highest BCUT2D eigenvalue weighted by atomic mass is 16.6. The standard InChI is InChI=1S/C3H2N3O2/c7-6(8)3-1-4-2-5-3/h2H,(H,4,5). The van der Waals surface area contributed by atoms with Crippen molar-refractivity contribution in [2.45, 2.75) is 0 Å². The van der Waals surface area contributed by atoms with Crippen LogP contribution in [-0.2, 0) is 0 Å². The summed E-state index contributed by atoms with van der Waals surface area (Å²) >= 11 is 0. The van der Waals surface area contributed by atoms with Crippen LogP contribution in [0.2, 0.25) is 0 Å². The topological polar surface area (TPSA) is 71.8 Å². The van der Waals surface area contributed by atoms with Crippen LogP contribution in [0.4, 0.5) is 5.82 Å². The molecule has 0 bridgehead atoms. The molecule has 0 amide bonds. The molecule has 1 aromatic rings. The average molecular weight is 112 g/mol. The number of hydrogen-bond acceptors (Lipinski definition) is 3. The van der Waals surface area contributed by atoms with Crippen molar-refractivity contribution in [1.29, 1.82) is 0 Å². The van der Waals surface area contributed by atoms with Gasteiger partial charge in [-0.2, -0.15) is 0 Å². The summed E-state index contributed by atoms with van der Waals surface area (Å²) in [4.78, 5) is 14.8. The third-order valence-corrected chi connectivity index (χ3v) is 0.619. The lowest BCUT2D eigenvalue weighted by Gasteiger charge is -1.82. The van der Waals surface area contributed by atoms with E-state index in [-0.39, 0.29) is 5.82 Å². The van der Waals surface area contributed by atoms with Gasteiger partial charge in [-0.05, 0) is 4.92 Å². The molecule has 1 heterocycles. The van der Waals surface area contributed by atoms with E-state index in [4.69, 9.17) is 0 Å². The zero-order chi connectivity index (χ0) is 5.98. The summed E-state index contributed by atoms with van der Waals surface area (Å²) in [7, 11) is 0. The number of aromatic nitrogens is 2. The molecule has 0 unspecified atom stereocenters. The lowest BCUT2D eigenvalue weighted by Crippen LogP contribution is -1.85. The minimum atomic E-state index is -0.590. The molecule has 0 fully saturated rings. The number of hydrogen-bond donors (Lipinski definition) is 1. The Balaban J connectivity index is 2.93. The van der Waals surface area contributed by atoms with Crippen LogP contribution in [0.3, 0.4) is 0 Å². The van der Waals surface area contributed by atoms with Crippen LogP contribution < -0.4 is 0 Å². The molecule has 0 aromatic carbocycles. The molecule has 8 heavy (non-hydrogen) atoms. The lowest BCUT2D eigenvalue weighted by molar-refractivity contribution is -0.389. The van der Waals surface area contributed by atoms with E-state index in [1.165, 1.54) is 6.33 Å². The van der Waals surface area contributed by atoms with E-state index in [0.29, 0.717) is 0 Å². The van der Waals surface area contributed by atoms with E-state index in [1.807, 2.05) is 0 Å². The van der Waals surface area contributed by atoms with Crippen molar-refractivity contribution in [3.8, 4) is 0 Å². The van der Waals surface area contributed by atoms with Gasteiger partial charge in [-0.1, -0.05) is 0 Å². The number of imidazole rings is 1. The van der Waals surface area contributed by atoms with Gasteiger partial charge in [-0.15, -0.1) is 0 Å². The Kier molecular flexibility index (Phi) is 0.957. The van der Waals surface area contributed by atoms with Crippen LogP contribution in [0, 0.1) is 16.3 Å². The van der Waals surface area contributed by atoms with Gasteiger partial charge < -0.3 is 10.1 Å². The first-order valence-corrected chi connectivity index (χ1v) is 1.86. The van der Waals surface area contributed by atoms with Gasteiger partial charge in [0.1, 0.15) is 0 Å². The predicted molar refractivity (Wildman–Crippen MR) is 24.1 cm³/mol. The number of H-pyrrole nitrogens is 1. The highest BCUT2D eigenvalue weighted by Crippen LogP contribution is 1.98. The molecule has 5 nitrogen and oxygen atoms in total. The Morgan fingerprint density at radius 3 is 3.00 bits per heavy atom. The Morgan fingerprint density at radius 1 is 2.00 bits per heavy atom. The fraction of sp³-hybridized carbons (Fsp3) is 0. The molecule has 1 N–H and O–H groups in total. The molecule has 1 rings (SSSR count). The maximum Gasteiger partial charge on any atom is 0.350 e. The van der Waals surface area contributed by atoms with Crippen molar-refractivity contribution in [3.05, 3.63) is 22.6 Å². The lowest BCUT2D eigenvalue weighted by atomic mass is 10.8. The normalized spacial score (nSPS) is 9.00. The monoisotopic (exact) mass is 112 g/mol. The molecule has 0 spiro atoms. The number of aromatic amines is 1. The molecule has 41 valence electrons. The third kappa shape index (κ3) is 0.651. The van der Waals surface area contributed by atoms with E-state index in [0.717, 1.165) is 0 Å². The van der Waals surface area contributed by atoms with Crippen LogP contribution in [0.25, 0.3) is 0 Å². The van der Waals surface area contributed by atoms with Gasteiger partial charge in [0, 0.05) is 0 Å². The molecule has 0 saturated carbocycles. The van der Waals surface area contributed by atoms with Crippen LogP contribution in [0.1, 0.15) is 0 Å². The first kappa shape index (κ1) is 4.76. The molecular weight excluding hydrogens is 110 g/mol. The van der Waals surface area contributed by atoms with Crippen LogP contribution in [0.15, 0.2) is 6.33 Å². The Labute approximate surface area is 44.5 Å². The first-order chi connectivity index (χ1) is 3.80. The third-order valence-electron chi connectivity index (χ3n) is 0.619. The smallest absolute Gasteiger partial charge is 0.350 e. The Morgan fingerprint density at radius 2 is 2.75 bits per heavy atom. The first-order valence-electron chi connectivity index (χ1n) is 1.86. The van der Waals surface area contributed by atoms with Crippen LogP contribution in [-0.4, -0.2) is 14.9 Å². The van der Waals surface area contributed by atoms with Gasteiger partial charge in [0.15, 0.2) is 12.5 Å². The molecule has 1 aromatic heterocycles. The zero-order valence-corrected chi connectivity index (χ0v) is 3.79. The summed E-state index contributed by atoms with van der Waals surface area (Å²) < 4.78 is 0. The summed E-state index contributed by atoms with van der Waals surface area (Å²) in [5, 5.41) is 9.77. The van der Waals surface area contributed by atoms with Gasteiger partial charge in [0.25, 0.3) is 0 Å². The second-order valence-corrected chi connectivity index (χ2v) is 1.12. The molecule has 0 aliphatic carbocycles. The van der Waals surface area contributed by atoms with Gasteiger partial charge in [-0.3, -0.25) is 0 Å². The molecule has 1 radical (unpaired) electrons. The molecule has 0 aliphatic rings.